The molecule has 0 aliphatic rings. The van der Waals surface area contributed by atoms with Crippen LogP contribution in [-0.4, -0.2) is 159 Å². The summed E-state index contributed by atoms with van der Waals surface area (Å²) in [7, 11) is 8.92. The van der Waals surface area contributed by atoms with Crippen molar-refractivity contribution in [3.8, 4) is 34.5 Å². The SMILES string of the molecule is C.CCNC.CCOC(=O)COc1ccc(C[C@H](C)C(=O)N(C)CC)cc1C(=O)OCC.CCOC(=O)COc1ccc(C[C@H](C)C(=O)O)cc1C(=O)OCC.CN.COc1cc(O)ccc1C=O.COc1cc(OCc2ccc(C)cc2)ccc1C=O.C[O-].Cc1ccc(CCl)cc1.[Na+]. The Kier molecular flexibility index (Phi) is 58.0. The molecule has 0 aliphatic carbocycles. The van der Waals surface area contributed by atoms with Gasteiger partial charge < -0.3 is 73.9 Å². The fourth-order valence-electron chi connectivity index (χ4n) is 7.69. The van der Waals surface area contributed by atoms with Crippen molar-refractivity contribution in [2.45, 2.75) is 102 Å². The van der Waals surface area contributed by atoms with Gasteiger partial charge in [-0.05, 0) is 153 Å². The maximum Gasteiger partial charge on any atom is 1.00 e. The van der Waals surface area contributed by atoms with Crippen molar-refractivity contribution in [2.24, 2.45) is 17.6 Å². The number of nitrogens with two attached hydrogens (primary N) is 1. The van der Waals surface area contributed by atoms with Crippen LogP contribution in [0, 0.1) is 25.7 Å². The van der Waals surface area contributed by atoms with Gasteiger partial charge in [0.25, 0.3) is 0 Å². The van der Waals surface area contributed by atoms with Crippen LogP contribution in [0.5, 0.6) is 34.5 Å². The summed E-state index contributed by atoms with van der Waals surface area (Å²) in [5.41, 5.74) is 12.1. The zero-order chi connectivity index (χ0) is 74.5. The molecule has 0 heterocycles. The Morgan fingerprint density at radius 1 is 0.570 bits per heavy atom. The Morgan fingerprint density at radius 2 is 0.960 bits per heavy atom. The largest absolute Gasteiger partial charge is 1.00 e. The van der Waals surface area contributed by atoms with E-state index in [1.54, 1.807) is 89.0 Å². The predicted molar refractivity (Wildman–Crippen MR) is 383 cm³/mol. The molecular weight excluding hydrogens is 1320 g/mol. The maximum absolute atomic E-state index is 12.3. The summed E-state index contributed by atoms with van der Waals surface area (Å²) in [6.07, 6.45) is 2.19. The number of rotatable bonds is 28. The Morgan fingerprint density at radius 3 is 1.33 bits per heavy atom. The van der Waals surface area contributed by atoms with Gasteiger partial charge in [0.1, 0.15) is 52.2 Å². The molecule has 100 heavy (non-hydrogen) atoms. The minimum Gasteiger partial charge on any atom is -0.857 e. The number of benzene rings is 6. The fourth-order valence-corrected chi connectivity index (χ4v) is 7.87. The van der Waals surface area contributed by atoms with Gasteiger partial charge in [0.05, 0.1) is 57.7 Å². The van der Waals surface area contributed by atoms with Gasteiger partial charge in [-0.1, -0.05) is 100.0 Å². The topological polar surface area (TPSA) is 324 Å². The van der Waals surface area contributed by atoms with E-state index < -0.39 is 35.8 Å². The molecule has 0 fully saturated rings. The number of phenols is 1. The molecule has 6 aromatic rings. The first kappa shape index (κ1) is 97.8. The molecule has 0 bridgehead atoms. The number of aromatic hydroxyl groups is 1. The molecule has 25 heteroatoms. The van der Waals surface area contributed by atoms with Crippen molar-refractivity contribution in [2.75, 3.05) is 95.2 Å². The van der Waals surface area contributed by atoms with Crippen LogP contribution in [0.25, 0.3) is 0 Å². The second kappa shape index (κ2) is 59.3. The van der Waals surface area contributed by atoms with Crippen molar-refractivity contribution in [1.29, 1.82) is 0 Å². The molecule has 6 rings (SSSR count). The third-order valence-corrected chi connectivity index (χ3v) is 13.3. The Labute approximate surface area is 618 Å². The second-order valence-corrected chi connectivity index (χ2v) is 20.6. The Balaban J connectivity index is -0.000000579. The molecule has 2 atom stereocenters. The van der Waals surface area contributed by atoms with E-state index in [0.29, 0.717) is 65.7 Å². The van der Waals surface area contributed by atoms with Gasteiger partial charge in [0, 0.05) is 37.5 Å². The molecule has 6 aromatic carbocycles. The van der Waals surface area contributed by atoms with Crippen molar-refractivity contribution < 1.29 is 126 Å². The van der Waals surface area contributed by atoms with Crippen molar-refractivity contribution in [1.82, 2.24) is 10.2 Å². The van der Waals surface area contributed by atoms with E-state index in [9.17, 15) is 38.4 Å². The summed E-state index contributed by atoms with van der Waals surface area (Å²) in [6, 6.07) is 35.6. The molecule has 0 radical (unpaired) electrons. The first-order chi connectivity index (χ1) is 47.0. The average Bonchev–Trinajstić information content (AvgIpc) is 0.844. The summed E-state index contributed by atoms with van der Waals surface area (Å²) in [6.45, 7) is 20.8. The molecule has 23 nitrogen and oxygen atoms in total. The van der Waals surface area contributed by atoms with Crippen LogP contribution in [0.15, 0.2) is 121 Å². The number of carboxylic acid groups (broad SMARTS) is 1. The quantitative estimate of drug-likeness (QED) is 0.0118. The van der Waals surface area contributed by atoms with E-state index in [1.165, 1.54) is 68.3 Å². The van der Waals surface area contributed by atoms with Gasteiger partial charge in [-0.2, -0.15) is 7.11 Å². The first-order valence-corrected chi connectivity index (χ1v) is 32.0. The fraction of sp³-hybridized carbons (Fsp3) is 0.413. The van der Waals surface area contributed by atoms with Crippen molar-refractivity contribution in [3.05, 3.63) is 177 Å². The Hall–Kier alpha value is -8.55. The normalized spacial score (nSPS) is 10.0. The minimum atomic E-state index is -0.921. The van der Waals surface area contributed by atoms with E-state index in [0.717, 1.165) is 31.1 Å². The third kappa shape index (κ3) is 40.5. The molecule has 1 amide bonds. The number of phenolic OH excluding ortho intramolecular Hbond substituents is 1. The molecule has 5 N–H and O–H groups in total. The van der Waals surface area contributed by atoms with E-state index in [4.69, 9.17) is 69.6 Å². The molecular formula is C75H105ClN3NaO20. The van der Waals surface area contributed by atoms with Crippen LogP contribution in [-0.2, 0) is 63.5 Å². The summed E-state index contributed by atoms with van der Waals surface area (Å²) in [4.78, 5) is 93.2. The number of aliphatic carboxylic acids is 1. The van der Waals surface area contributed by atoms with Gasteiger partial charge in [0.2, 0.25) is 5.91 Å². The van der Waals surface area contributed by atoms with Gasteiger partial charge in [-0.15, -0.1) is 11.6 Å². The third-order valence-electron chi connectivity index (χ3n) is 13.0. The Bertz CT molecular complexity index is 3280. The standard InChI is InChI=1S/C20H29NO6.C17H22O7.C16H16O3.C8H9Cl.C8H8O3.C3H9N.CH5N.CH3O.CH4.Na/c1-6-21(5)19(23)14(4)11-15-9-10-17(27-13-18(22)25-7-2)16(12-15)20(24)26-8-3;1-4-22-15(18)10-24-14-7-6-12(8-11(3)16(19)20)9-13(14)17(21)23-5-2;1-12-3-5-13(6-4-12)11-19-15-8-7-14(10-17)16(9-15)18-2;1-7-2-4-8(6-9)5-3-7;1-11-8-4-7(10)3-2-6(8)5-9;1-3-4-2;2*1-2;;/h9-10,12,14H,6-8,11,13H2,1-5H3;6-7,9,11H,4-5,8,10H2,1-3H3,(H,19,20);3-10H,11H2,1-2H3;2-5H,6H2,1H3;2-5,10H,1H3;4H,3H2,1-2H3;2H2,1H3;1H3;1H4;/q;;;;;;;-1;;+1/t14-;11-;;;;;;;;/m00......../s1. The number of nitrogens with zero attached hydrogens (tertiary/aromatic N) is 1. The average molecular weight is 1430 g/mol. The van der Waals surface area contributed by atoms with Gasteiger partial charge >= 0.3 is 59.4 Å². The zero-order valence-corrected chi connectivity index (χ0v) is 63.2. The number of esters is 4. The second-order valence-electron chi connectivity index (χ2n) is 20.4. The van der Waals surface area contributed by atoms with Crippen molar-refractivity contribution in [3.63, 3.8) is 0 Å². The van der Waals surface area contributed by atoms with Gasteiger partial charge in [-0.25, -0.2) is 19.2 Å². The number of halogens is 1. The summed E-state index contributed by atoms with van der Waals surface area (Å²) < 4.78 is 46.1. The number of hydrogen-bond acceptors (Lipinski definition) is 21. The van der Waals surface area contributed by atoms with Crippen molar-refractivity contribution >= 4 is 59.9 Å². The smallest absolute Gasteiger partial charge is 0.857 e. The number of alkyl halides is 1. The molecule has 0 saturated carbocycles. The summed E-state index contributed by atoms with van der Waals surface area (Å²) in [5, 5.41) is 29.1. The molecule has 0 spiro atoms. The predicted octanol–water partition coefficient (Wildman–Crippen LogP) is 8.29. The van der Waals surface area contributed by atoms with Crippen LogP contribution in [0.1, 0.15) is 138 Å². The number of ether oxygens (including phenoxy) is 9. The maximum atomic E-state index is 12.3. The number of carbonyl (C=O) groups excluding carboxylic acids is 7. The van der Waals surface area contributed by atoms with Crippen LogP contribution < -0.4 is 69.4 Å². The number of carboxylic acids is 1. The van der Waals surface area contributed by atoms with Crippen LogP contribution in [0.3, 0.4) is 0 Å². The molecule has 548 valence electrons. The first-order valence-electron chi connectivity index (χ1n) is 31.5. The number of methoxy groups -OCH3 is 2. The van der Waals surface area contributed by atoms with E-state index in [2.05, 4.69) is 49.2 Å². The van der Waals surface area contributed by atoms with E-state index in [1.807, 2.05) is 52.1 Å². The van der Waals surface area contributed by atoms with E-state index >= 15 is 0 Å². The van der Waals surface area contributed by atoms with Crippen LogP contribution >= 0.6 is 11.6 Å². The molecule has 0 aliphatic heterocycles. The zero-order valence-electron chi connectivity index (χ0n) is 60.5. The molecule has 0 aromatic heterocycles. The number of nitrogens with one attached hydrogen (secondary N) is 1. The number of hydrogen-bond donors (Lipinski definition) is 4. The summed E-state index contributed by atoms with van der Waals surface area (Å²) in [5.74, 6) is -1.16. The van der Waals surface area contributed by atoms with Crippen LogP contribution in [0.2, 0.25) is 0 Å². The number of amides is 1. The number of aldehydes is 2. The number of aryl methyl sites for hydroxylation is 2. The molecule has 0 saturated heterocycles. The minimum absolute atomic E-state index is 0. The van der Waals surface area contributed by atoms with Gasteiger partial charge in [-0.3, -0.25) is 19.2 Å². The summed E-state index contributed by atoms with van der Waals surface area (Å²) >= 11 is 5.58. The van der Waals surface area contributed by atoms with E-state index in [-0.39, 0.29) is 123 Å². The monoisotopic (exact) mass is 1430 g/mol. The molecule has 0 unspecified atom stereocenters. The number of carbonyl (C=O) groups is 8. The van der Waals surface area contributed by atoms with Gasteiger partial charge in [0.15, 0.2) is 25.8 Å². The van der Waals surface area contributed by atoms with Crippen LogP contribution in [0.4, 0.5) is 0 Å².